The molecule has 1 saturated heterocycles. The van der Waals surface area contributed by atoms with Crippen LogP contribution in [0.3, 0.4) is 0 Å². The Labute approximate surface area is 150 Å². The number of aliphatic imine (C=N–C) groups is 1. The number of carbonyl (C=O) groups is 1. The number of hydrogen-bond acceptors (Lipinski definition) is 3. The number of likely N-dealkylation sites (N-methyl/N-ethyl adjacent to an activating group) is 1. The van der Waals surface area contributed by atoms with Gasteiger partial charge in [-0.1, -0.05) is 24.3 Å². The van der Waals surface area contributed by atoms with Crippen molar-refractivity contribution in [2.45, 2.75) is 38.8 Å². The van der Waals surface area contributed by atoms with Crippen molar-refractivity contribution >= 4 is 11.9 Å². The van der Waals surface area contributed by atoms with Crippen LogP contribution in [-0.4, -0.2) is 56.7 Å². The van der Waals surface area contributed by atoms with E-state index >= 15 is 0 Å². The number of nitrogens with zero attached hydrogens (tertiary/aromatic N) is 2. The maximum atomic E-state index is 11.8. The highest BCUT2D eigenvalue weighted by Gasteiger charge is 2.14. The molecule has 0 aliphatic carbocycles. The molecule has 0 aromatic heterocycles. The van der Waals surface area contributed by atoms with Gasteiger partial charge in [0.05, 0.1) is 19.2 Å². The average Bonchev–Trinajstić information content (AvgIpc) is 2.62. The number of guanidine groups is 1. The molecule has 138 valence electrons. The molecule has 25 heavy (non-hydrogen) atoms. The largest absolute Gasteiger partial charge is 0.376 e. The van der Waals surface area contributed by atoms with Gasteiger partial charge in [0.15, 0.2) is 5.96 Å². The zero-order valence-electron chi connectivity index (χ0n) is 15.5. The van der Waals surface area contributed by atoms with Crippen molar-refractivity contribution in [2.24, 2.45) is 4.99 Å². The van der Waals surface area contributed by atoms with E-state index in [0.717, 1.165) is 19.4 Å². The van der Waals surface area contributed by atoms with E-state index in [1.54, 1.807) is 19.0 Å². The van der Waals surface area contributed by atoms with Gasteiger partial charge in [-0.3, -0.25) is 4.79 Å². The number of hydrogen-bond donors (Lipinski definition) is 2. The summed E-state index contributed by atoms with van der Waals surface area (Å²) in [6, 6.07) is 8.20. The van der Waals surface area contributed by atoms with Crippen LogP contribution in [0.1, 0.15) is 30.4 Å². The fourth-order valence-electron chi connectivity index (χ4n) is 2.62. The molecule has 1 amide bonds. The van der Waals surface area contributed by atoms with E-state index in [2.05, 4.69) is 34.7 Å². The normalized spacial score (nSPS) is 17.9. The van der Waals surface area contributed by atoms with E-state index < -0.39 is 0 Å². The van der Waals surface area contributed by atoms with Gasteiger partial charge < -0.3 is 20.3 Å². The Balaban J connectivity index is 1.95. The first-order valence-electron chi connectivity index (χ1n) is 8.94. The molecular weight excluding hydrogens is 316 g/mol. The third-order valence-corrected chi connectivity index (χ3v) is 4.35. The monoisotopic (exact) mass is 346 g/mol. The average molecular weight is 346 g/mol. The van der Waals surface area contributed by atoms with Gasteiger partial charge in [-0.25, -0.2) is 4.99 Å². The highest BCUT2D eigenvalue weighted by molar-refractivity contribution is 5.86. The summed E-state index contributed by atoms with van der Waals surface area (Å²) in [4.78, 5) is 18.0. The summed E-state index contributed by atoms with van der Waals surface area (Å²) < 4.78 is 5.75. The van der Waals surface area contributed by atoms with E-state index in [4.69, 9.17) is 4.74 Å². The van der Waals surface area contributed by atoms with Crippen molar-refractivity contribution in [3.05, 3.63) is 35.4 Å². The minimum Gasteiger partial charge on any atom is -0.376 e. The molecule has 1 aromatic rings. The number of rotatable bonds is 6. The number of ether oxygens (including phenoxy) is 1. The van der Waals surface area contributed by atoms with Crippen molar-refractivity contribution in [1.29, 1.82) is 0 Å². The molecule has 0 saturated carbocycles. The predicted molar refractivity (Wildman–Crippen MR) is 101 cm³/mol. The summed E-state index contributed by atoms with van der Waals surface area (Å²) in [6.45, 7) is 4.41. The maximum Gasteiger partial charge on any atom is 0.241 e. The quantitative estimate of drug-likeness (QED) is 0.608. The van der Waals surface area contributed by atoms with Crippen LogP contribution in [0.2, 0.25) is 0 Å². The van der Waals surface area contributed by atoms with Gasteiger partial charge in [0, 0.05) is 27.2 Å². The Morgan fingerprint density at radius 3 is 2.76 bits per heavy atom. The minimum absolute atomic E-state index is 0.0132. The summed E-state index contributed by atoms with van der Waals surface area (Å²) >= 11 is 0. The molecular formula is C19H30N4O2. The van der Waals surface area contributed by atoms with Crippen LogP contribution in [0, 0.1) is 6.92 Å². The Hall–Kier alpha value is -2.08. The fraction of sp³-hybridized carbons (Fsp3) is 0.579. The summed E-state index contributed by atoms with van der Waals surface area (Å²) in [5.74, 6) is 0.659. The van der Waals surface area contributed by atoms with Crippen LogP contribution in [-0.2, 0) is 16.1 Å². The van der Waals surface area contributed by atoms with E-state index in [1.807, 2.05) is 12.1 Å². The highest BCUT2D eigenvalue weighted by Crippen LogP contribution is 2.11. The Morgan fingerprint density at radius 1 is 1.28 bits per heavy atom. The van der Waals surface area contributed by atoms with Crippen LogP contribution in [0.5, 0.6) is 0 Å². The first-order valence-corrected chi connectivity index (χ1v) is 8.94. The summed E-state index contributed by atoms with van der Waals surface area (Å²) in [6.07, 6.45) is 3.62. The van der Waals surface area contributed by atoms with E-state index in [9.17, 15) is 4.79 Å². The van der Waals surface area contributed by atoms with Crippen molar-refractivity contribution in [3.63, 3.8) is 0 Å². The second-order valence-electron chi connectivity index (χ2n) is 6.60. The standard InChI is InChI=1S/C19H30N4O2/c1-15-8-4-5-9-16(15)12-20-19(22-14-18(24)23(2)3)21-13-17-10-6-7-11-25-17/h4-5,8-9,17H,6-7,10-14H2,1-3H3,(H2,20,21,22). The van der Waals surface area contributed by atoms with Gasteiger partial charge in [0.1, 0.15) is 0 Å². The highest BCUT2D eigenvalue weighted by atomic mass is 16.5. The molecule has 0 spiro atoms. The fourth-order valence-corrected chi connectivity index (χ4v) is 2.62. The predicted octanol–water partition coefficient (Wildman–Crippen LogP) is 1.69. The third-order valence-electron chi connectivity index (χ3n) is 4.35. The van der Waals surface area contributed by atoms with E-state index in [1.165, 1.54) is 17.5 Å². The van der Waals surface area contributed by atoms with Crippen molar-refractivity contribution in [1.82, 2.24) is 15.5 Å². The molecule has 0 bridgehead atoms. The smallest absolute Gasteiger partial charge is 0.241 e. The lowest BCUT2D eigenvalue weighted by Crippen LogP contribution is -2.45. The third kappa shape index (κ3) is 6.74. The van der Waals surface area contributed by atoms with Crippen LogP contribution >= 0.6 is 0 Å². The first kappa shape index (κ1) is 19.2. The van der Waals surface area contributed by atoms with Gasteiger partial charge in [0.2, 0.25) is 5.91 Å². The van der Waals surface area contributed by atoms with E-state index in [-0.39, 0.29) is 18.6 Å². The molecule has 1 unspecified atom stereocenters. The molecule has 0 radical (unpaired) electrons. The molecule has 1 heterocycles. The molecule has 1 aliphatic heterocycles. The Morgan fingerprint density at radius 2 is 2.08 bits per heavy atom. The number of carbonyl (C=O) groups excluding carboxylic acids is 1. The summed E-state index contributed by atoms with van der Waals surface area (Å²) in [5.41, 5.74) is 2.39. The lowest BCUT2D eigenvalue weighted by molar-refractivity contribution is -0.127. The van der Waals surface area contributed by atoms with Gasteiger partial charge in [0.25, 0.3) is 0 Å². The zero-order chi connectivity index (χ0) is 18.1. The van der Waals surface area contributed by atoms with Crippen LogP contribution in [0.4, 0.5) is 0 Å². The molecule has 6 nitrogen and oxygen atoms in total. The van der Waals surface area contributed by atoms with Crippen molar-refractivity contribution in [2.75, 3.05) is 33.8 Å². The maximum absolute atomic E-state index is 11.8. The second kappa shape index (κ2) is 10.0. The van der Waals surface area contributed by atoms with E-state index in [0.29, 0.717) is 19.0 Å². The number of amides is 1. The molecule has 2 rings (SSSR count). The summed E-state index contributed by atoms with van der Waals surface area (Å²) in [5, 5.41) is 6.44. The molecule has 1 fully saturated rings. The zero-order valence-corrected chi connectivity index (χ0v) is 15.5. The Bertz CT molecular complexity index is 581. The van der Waals surface area contributed by atoms with Crippen LogP contribution in [0.15, 0.2) is 29.3 Å². The second-order valence-corrected chi connectivity index (χ2v) is 6.60. The SMILES string of the molecule is Cc1ccccc1CN=C(NCC(=O)N(C)C)NCC1CCCCO1. The number of benzene rings is 1. The topological polar surface area (TPSA) is 66.0 Å². The number of aryl methyl sites for hydroxylation is 1. The van der Waals surface area contributed by atoms with Gasteiger partial charge in [-0.2, -0.15) is 0 Å². The summed E-state index contributed by atoms with van der Waals surface area (Å²) in [7, 11) is 3.49. The lowest BCUT2D eigenvalue weighted by atomic mass is 10.1. The molecule has 1 atom stereocenters. The number of nitrogens with one attached hydrogen (secondary N) is 2. The molecule has 6 heteroatoms. The molecule has 1 aromatic carbocycles. The van der Waals surface area contributed by atoms with Crippen molar-refractivity contribution in [3.8, 4) is 0 Å². The first-order chi connectivity index (χ1) is 12.1. The van der Waals surface area contributed by atoms with Crippen LogP contribution < -0.4 is 10.6 Å². The van der Waals surface area contributed by atoms with Crippen molar-refractivity contribution < 1.29 is 9.53 Å². The van der Waals surface area contributed by atoms with Gasteiger partial charge in [-0.15, -0.1) is 0 Å². The van der Waals surface area contributed by atoms with Crippen LogP contribution in [0.25, 0.3) is 0 Å². The van der Waals surface area contributed by atoms with Gasteiger partial charge >= 0.3 is 0 Å². The Kier molecular flexibility index (Phi) is 7.73. The lowest BCUT2D eigenvalue weighted by Gasteiger charge is -2.24. The minimum atomic E-state index is 0.0132. The van der Waals surface area contributed by atoms with Gasteiger partial charge in [-0.05, 0) is 37.3 Å². The molecule has 2 N–H and O–H groups in total. The molecule has 1 aliphatic rings.